The highest BCUT2D eigenvalue weighted by atomic mass is 16.5. The molecule has 30 heavy (non-hydrogen) atoms. The van der Waals surface area contributed by atoms with E-state index in [2.05, 4.69) is 21.7 Å². The third-order valence-electron chi connectivity index (χ3n) is 5.83. The Labute approximate surface area is 173 Å². The molecular weight excluding hydrogens is 380 g/mol. The second kappa shape index (κ2) is 6.61. The van der Waals surface area contributed by atoms with E-state index in [1.54, 1.807) is 11.0 Å². The summed E-state index contributed by atoms with van der Waals surface area (Å²) in [6.45, 7) is 0.892. The van der Waals surface area contributed by atoms with Crippen LogP contribution in [0.4, 0.5) is 0 Å². The van der Waals surface area contributed by atoms with Crippen molar-refractivity contribution < 1.29 is 9.53 Å². The van der Waals surface area contributed by atoms with Crippen LogP contribution in [0.15, 0.2) is 60.7 Å². The highest BCUT2D eigenvalue weighted by Crippen LogP contribution is 2.51. The number of nitrogens with zero attached hydrogens (tertiary/aromatic N) is 3. The minimum Gasteiger partial charge on any atom is -0.457 e. The molecule has 8 nitrogen and oxygen atoms in total. The van der Waals surface area contributed by atoms with Gasteiger partial charge in [-0.05, 0) is 36.8 Å². The molecule has 4 N–H and O–H groups in total. The van der Waals surface area contributed by atoms with Gasteiger partial charge in [0, 0.05) is 12.1 Å². The Morgan fingerprint density at radius 2 is 1.97 bits per heavy atom. The summed E-state index contributed by atoms with van der Waals surface area (Å²) >= 11 is 0. The molecule has 0 spiro atoms. The molecule has 2 fully saturated rings. The Morgan fingerprint density at radius 1 is 1.20 bits per heavy atom. The molecular formula is C22H20N6O2. The molecule has 0 bridgehead atoms. The molecule has 150 valence electrons. The molecule has 2 aromatic carbocycles. The Balaban J connectivity index is 1.36. The van der Waals surface area contributed by atoms with Gasteiger partial charge in [0.1, 0.15) is 17.2 Å². The van der Waals surface area contributed by atoms with Crippen LogP contribution in [0, 0.1) is 11.5 Å². The van der Waals surface area contributed by atoms with E-state index in [0.717, 1.165) is 5.56 Å². The number of fused-ring (bicyclic) bond motifs is 1. The quantitative estimate of drug-likeness (QED) is 0.565. The normalized spacial score (nSPS) is 24.1. The molecule has 1 saturated heterocycles. The van der Waals surface area contributed by atoms with Gasteiger partial charge in [-0.25, -0.2) is 0 Å². The molecule has 1 aliphatic heterocycles. The van der Waals surface area contributed by atoms with E-state index in [0.29, 0.717) is 42.4 Å². The van der Waals surface area contributed by atoms with Gasteiger partial charge in [0.15, 0.2) is 6.19 Å². The minimum atomic E-state index is -0.556. The highest BCUT2D eigenvalue weighted by Gasteiger charge is 2.71. The van der Waals surface area contributed by atoms with Crippen LogP contribution in [0.25, 0.3) is 11.3 Å². The molecule has 0 unspecified atom stereocenters. The topological polar surface area (TPSA) is 120 Å². The third-order valence-corrected chi connectivity index (χ3v) is 5.83. The van der Waals surface area contributed by atoms with Gasteiger partial charge in [0.25, 0.3) is 5.91 Å². The fraction of sp³-hybridized carbons (Fsp3) is 0.227. The van der Waals surface area contributed by atoms with Gasteiger partial charge < -0.3 is 20.7 Å². The third kappa shape index (κ3) is 2.96. The summed E-state index contributed by atoms with van der Waals surface area (Å²) in [7, 11) is 0. The Bertz CT molecular complexity index is 1150. The van der Waals surface area contributed by atoms with Crippen molar-refractivity contribution >= 4 is 5.91 Å². The number of carbonyl (C=O) groups excluding carboxylic acids is 1. The number of nitrogens with one attached hydrogen (secondary N) is 2. The number of para-hydroxylation sites is 2. The van der Waals surface area contributed by atoms with E-state index >= 15 is 0 Å². The summed E-state index contributed by atoms with van der Waals surface area (Å²) < 4.78 is 5.99. The van der Waals surface area contributed by atoms with Crippen LogP contribution in [0.2, 0.25) is 0 Å². The van der Waals surface area contributed by atoms with Gasteiger partial charge in [-0.2, -0.15) is 10.4 Å². The first-order chi connectivity index (χ1) is 14.5. The Hall–Kier alpha value is -3.83. The van der Waals surface area contributed by atoms with Crippen molar-refractivity contribution in [3.8, 4) is 28.9 Å². The van der Waals surface area contributed by atoms with Gasteiger partial charge in [-0.15, -0.1) is 0 Å². The second-order valence-electron chi connectivity index (χ2n) is 7.90. The molecule has 5 rings (SSSR count). The number of aromatic amines is 1. The van der Waals surface area contributed by atoms with Crippen molar-refractivity contribution in [2.45, 2.75) is 17.5 Å². The van der Waals surface area contributed by atoms with Crippen LogP contribution in [0.1, 0.15) is 16.9 Å². The first-order valence-corrected chi connectivity index (χ1v) is 9.66. The summed E-state index contributed by atoms with van der Waals surface area (Å²) in [6, 6.07) is 18.7. The average molecular weight is 400 g/mol. The van der Waals surface area contributed by atoms with E-state index in [4.69, 9.17) is 15.7 Å². The molecule has 8 heteroatoms. The molecule has 2 heterocycles. The average Bonchev–Trinajstić information content (AvgIpc) is 3.07. The molecule has 3 aromatic rings. The number of H-pyrrole nitrogens is 1. The number of amides is 1. The van der Waals surface area contributed by atoms with Crippen LogP contribution in [-0.2, 0) is 0 Å². The predicted octanol–water partition coefficient (Wildman–Crippen LogP) is 2.24. The van der Waals surface area contributed by atoms with E-state index in [-0.39, 0.29) is 5.91 Å². The number of aromatic nitrogens is 2. The molecule has 2 aliphatic rings. The van der Waals surface area contributed by atoms with Gasteiger partial charge in [0.05, 0.1) is 23.3 Å². The number of hydrogen-bond acceptors (Lipinski definition) is 6. The monoisotopic (exact) mass is 400 g/mol. The Morgan fingerprint density at radius 3 is 2.73 bits per heavy atom. The minimum absolute atomic E-state index is 0.290. The van der Waals surface area contributed by atoms with E-state index in [1.165, 1.54) is 0 Å². The van der Waals surface area contributed by atoms with Crippen LogP contribution < -0.4 is 15.8 Å². The molecule has 0 radical (unpaired) electrons. The molecule has 2 atom stereocenters. The first-order valence-electron chi connectivity index (χ1n) is 9.66. The lowest BCUT2D eigenvalue weighted by molar-refractivity contribution is 0.0923. The van der Waals surface area contributed by atoms with Crippen LogP contribution in [0.5, 0.6) is 11.5 Å². The van der Waals surface area contributed by atoms with Gasteiger partial charge in [-0.1, -0.05) is 30.3 Å². The molecule has 1 saturated carbocycles. The maximum absolute atomic E-state index is 12.8. The number of piperidine rings is 1. The highest BCUT2D eigenvalue weighted by molar-refractivity contribution is 5.94. The van der Waals surface area contributed by atoms with Crippen LogP contribution >= 0.6 is 0 Å². The number of nitriles is 1. The van der Waals surface area contributed by atoms with E-state index < -0.39 is 11.1 Å². The number of carbonyl (C=O) groups is 1. The van der Waals surface area contributed by atoms with Crippen molar-refractivity contribution in [1.82, 2.24) is 20.4 Å². The van der Waals surface area contributed by atoms with Crippen molar-refractivity contribution in [2.75, 3.05) is 13.1 Å². The zero-order valence-electron chi connectivity index (χ0n) is 16.1. The van der Waals surface area contributed by atoms with E-state index in [1.807, 2.05) is 54.6 Å². The van der Waals surface area contributed by atoms with Crippen molar-refractivity contribution in [2.24, 2.45) is 5.73 Å². The fourth-order valence-electron chi connectivity index (χ4n) is 4.16. The number of benzene rings is 2. The van der Waals surface area contributed by atoms with Crippen LogP contribution in [0.3, 0.4) is 0 Å². The largest absolute Gasteiger partial charge is 0.457 e. The maximum atomic E-state index is 12.8. The van der Waals surface area contributed by atoms with Gasteiger partial charge in [-0.3, -0.25) is 9.89 Å². The molecule has 1 aromatic heterocycles. The summed E-state index contributed by atoms with van der Waals surface area (Å²) in [5, 5.41) is 19.3. The maximum Gasteiger partial charge on any atom is 0.269 e. The number of rotatable bonds is 5. The standard InChI is InChI=1S/C22H20N6O2/c23-14-28-12-21(24)11-22(21,13-28)25-20(29)18-10-17(26-27-18)16-8-4-5-9-19(16)30-15-6-2-1-3-7-15/h1-10H,11-13,24H2,(H,25,29)(H,26,27)/t21-,22+/m0/s1. The van der Waals surface area contributed by atoms with Gasteiger partial charge in [0.2, 0.25) is 0 Å². The lowest BCUT2D eigenvalue weighted by Gasteiger charge is -2.16. The van der Waals surface area contributed by atoms with E-state index in [9.17, 15) is 4.79 Å². The Kier molecular flexibility index (Phi) is 4.01. The lowest BCUT2D eigenvalue weighted by atomic mass is 10.1. The number of likely N-dealkylation sites (tertiary alicyclic amines) is 1. The lowest BCUT2D eigenvalue weighted by Crippen LogP contribution is -2.47. The zero-order valence-corrected chi connectivity index (χ0v) is 16.1. The SMILES string of the molecule is N#CN1C[C@@]2(N)C[C@@]2(NC(=O)c2cc(-c3ccccc3Oc3ccccc3)n[nH]2)C1. The molecule has 1 amide bonds. The second-order valence-corrected chi connectivity index (χ2v) is 7.90. The van der Waals surface area contributed by atoms with Crippen LogP contribution in [-0.4, -0.2) is 45.2 Å². The molecule has 1 aliphatic carbocycles. The number of ether oxygens (including phenoxy) is 1. The summed E-state index contributed by atoms with van der Waals surface area (Å²) in [5.74, 6) is 1.07. The summed E-state index contributed by atoms with van der Waals surface area (Å²) in [4.78, 5) is 14.4. The number of nitrogens with two attached hydrogens (primary N) is 1. The predicted molar refractivity (Wildman–Crippen MR) is 109 cm³/mol. The summed E-state index contributed by atoms with van der Waals surface area (Å²) in [5.41, 5.74) is 6.92. The fourth-order valence-corrected chi connectivity index (χ4v) is 4.16. The van der Waals surface area contributed by atoms with Gasteiger partial charge >= 0.3 is 0 Å². The van der Waals surface area contributed by atoms with Crippen molar-refractivity contribution in [3.63, 3.8) is 0 Å². The van der Waals surface area contributed by atoms with Crippen molar-refractivity contribution in [1.29, 1.82) is 5.26 Å². The number of hydrogen-bond donors (Lipinski definition) is 3. The smallest absolute Gasteiger partial charge is 0.269 e. The zero-order chi connectivity index (χ0) is 20.8. The van der Waals surface area contributed by atoms with Crippen molar-refractivity contribution in [3.05, 3.63) is 66.4 Å². The summed E-state index contributed by atoms with van der Waals surface area (Å²) in [6.07, 6.45) is 2.77. The first kappa shape index (κ1) is 18.2.